The highest BCUT2D eigenvalue weighted by molar-refractivity contribution is 14.1. The van der Waals surface area contributed by atoms with Crippen LogP contribution in [0.5, 0.6) is 0 Å². The molecule has 14 heavy (non-hydrogen) atoms. The second kappa shape index (κ2) is 4.92. The highest BCUT2D eigenvalue weighted by atomic mass is 127. The van der Waals surface area contributed by atoms with Crippen LogP contribution < -0.4 is 5.32 Å². The molecule has 0 saturated carbocycles. The van der Waals surface area contributed by atoms with Gasteiger partial charge in [0.15, 0.2) is 0 Å². The topological polar surface area (TPSA) is 21.3 Å². The summed E-state index contributed by atoms with van der Waals surface area (Å²) >= 11 is 5.85. The first-order valence-corrected chi connectivity index (χ1v) is 6.40. The van der Waals surface area contributed by atoms with Gasteiger partial charge in [-0.05, 0) is 56.2 Å². The normalized spacial score (nSPS) is 22.3. The van der Waals surface area contributed by atoms with Gasteiger partial charge in [0.05, 0.1) is 19.3 Å². The number of hydrogen-bond acceptors (Lipinski definition) is 2. The molecule has 1 aromatic carbocycles. The summed E-state index contributed by atoms with van der Waals surface area (Å²) in [5.41, 5.74) is 1.29. The van der Waals surface area contributed by atoms with Gasteiger partial charge in [-0.2, -0.15) is 0 Å². The van der Waals surface area contributed by atoms with Gasteiger partial charge >= 0.3 is 0 Å². The van der Waals surface area contributed by atoms with Gasteiger partial charge in [-0.25, -0.2) is 0 Å². The summed E-state index contributed by atoms with van der Waals surface area (Å²) < 4.78 is 7.82. The Bertz CT molecular complexity index is 326. The van der Waals surface area contributed by atoms with E-state index in [9.17, 15) is 0 Å². The van der Waals surface area contributed by atoms with Crippen LogP contribution in [0.3, 0.4) is 0 Å². The zero-order valence-corrected chi connectivity index (χ0v) is 11.3. The third-order valence-electron chi connectivity index (χ3n) is 2.27. The number of benzene rings is 1. The van der Waals surface area contributed by atoms with Gasteiger partial charge in [-0.3, -0.25) is 0 Å². The van der Waals surface area contributed by atoms with Crippen LogP contribution in [0.15, 0.2) is 22.7 Å². The molecule has 2 rings (SSSR count). The van der Waals surface area contributed by atoms with Crippen molar-refractivity contribution in [2.75, 3.05) is 19.8 Å². The van der Waals surface area contributed by atoms with Crippen LogP contribution in [0.2, 0.25) is 0 Å². The Hall–Kier alpha value is 0.350. The molecule has 1 aliphatic heterocycles. The minimum Gasteiger partial charge on any atom is -0.378 e. The fraction of sp³-hybridized carbons (Fsp3) is 0.400. The summed E-state index contributed by atoms with van der Waals surface area (Å²) in [6.07, 6.45) is 0. The van der Waals surface area contributed by atoms with Crippen molar-refractivity contribution in [3.05, 3.63) is 31.8 Å². The van der Waals surface area contributed by atoms with Gasteiger partial charge in [-0.15, -0.1) is 0 Å². The predicted molar refractivity (Wildman–Crippen MR) is 68.4 cm³/mol. The van der Waals surface area contributed by atoms with Crippen LogP contribution in [-0.2, 0) is 4.74 Å². The number of rotatable bonds is 1. The SMILES string of the molecule is Brc1cc([C@@H]2COCCN2)ccc1I. The first-order valence-electron chi connectivity index (χ1n) is 4.53. The lowest BCUT2D eigenvalue weighted by Crippen LogP contribution is -2.34. The number of halogens is 2. The maximum Gasteiger partial charge on any atom is 0.0662 e. The van der Waals surface area contributed by atoms with Crippen molar-refractivity contribution in [1.82, 2.24) is 5.32 Å². The fourth-order valence-electron chi connectivity index (χ4n) is 1.51. The molecule has 1 N–H and O–H groups in total. The summed E-state index contributed by atoms with van der Waals surface area (Å²) in [6.45, 7) is 2.53. The van der Waals surface area contributed by atoms with Crippen LogP contribution in [0.1, 0.15) is 11.6 Å². The van der Waals surface area contributed by atoms with E-state index in [1.807, 2.05) is 0 Å². The molecule has 0 amide bonds. The maximum atomic E-state index is 5.43. The molecular weight excluding hydrogens is 357 g/mol. The molecule has 1 aromatic rings. The second-order valence-corrected chi connectivity index (χ2v) is 5.27. The zero-order chi connectivity index (χ0) is 9.97. The summed E-state index contributed by atoms with van der Waals surface area (Å²) in [7, 11) is 0. The van der Waals surface area contributed by atoms with Gasteiger partial charge in [-0.1, -0.05) is 6.07 Å². The molecule has 4 heteroatoms. The highest BCUT2D eigenvalue weighted by Crippen LogP contribution is 2.24. The van der Waals surface area contributed by atoms with Crippen molar-refractivity contribution in [2.24, 2.45) is 0 Å². The molecule has 1 fully saturated rings. The molecule has 0 radical (unpaired) electrons. The molecule has 1 aliphatic rings. The highest BCUT2D eigenvalue weighted by Gasteiger charge is 2.15. The lowest BCUT2D eigenvalue weighted by Gasteiger charge is -2.24. The van der Waals surface area contributed by atoms with E-state index in [-0.39, 0.29) is 0 Å². The summed E-state index contributed by atoms with van der Waals surface area (Å²) in [4.78, 5) is 0. The predicted octanol–water partition coefficient (Wildman–Crippen LogP) is 2.71. The molecule has 2 nitrogen and oxygen atoms in total. The van der Waals surface area contributed by atoms with Crippen LogP contribution in [-0.4, -0.2) is 19.8 Å². The average Bonchev–Trinajstić information content (AvgIpc) is 2.23. The lowest BCUT2D eigenvalue weighted by atomic mass is 10.1. The molecular formula is C10H11BrINO. The summed E-state index contributed by atoms with van der Waals surface area (Å²) in [5.74, 6) is 0. The Morgan fingerprint density at radius 2 is 2.36 bits per heavy atom. The molecule has 0 spiro atoms. The Labute approximate surface area is 106 Å². The van der Waals surface area contributed by atoms with Crippen molar-refractivity contribution < 1.29 is 4.74 Å². The summed E-state index contributed by atoms with van der Waals surface area (Å²) in [5, 5.41) is 3.43. The smallest absolute Gasteiger partial charge is 0.0662 e. The van der Waals surface area contributed by atoms with Crippen molar-refractivity contribution in [3.63, 3.8) is 0 Å². The van der Waals surface area contributed by atoms with Crippen molar-refractivity contribution in [2.45, 2.75) is 6.04 Å². The monoisotopic (exact) mass is 367 g/mol. The van der Waals surface area contributed by atoms with E-state index in [1.165, 1.54) is 9.13 Å². The first kappa shape index (κ1) is 10.9. The molecule has 76 valence electrons. The number of morpholine rings is 1. The van der Waals surface area contributed by atoms with E-state index in [2.05, 4.69) is 62.0 Å². The van der Waals surface area contributed by atoms with Crippen LogP contribution in [0, 0.1) is 3.57 Å². The average molecular weight is 368 g/mol. The molecule has 1 atom stereocenters. The quantitative estimate of drug-likeness (QED) is 0.770. The minimum absolute atomic E-state index is 0.344. The minimum atomic E-state index is 0.344. The lowest BCUT2D eigenvalue weighted by molar-refractivity contribution is 0.0768. The van der Waals surface area contributed by atoms with E-state index in [4.69, 9.17) is 4.74 Å². The molecule has 0 aliphatic carbocycles. The van der Waals surface area contributed by atoms with Crippen molar-refractivity contribution >= 4 is 38.5 Å². The van der Waals surface area contributed by atoms with E-state index >= 15 is 0 Å². The molecule has 0 aromatic heterocycles. The van der Waals surface area contributed by atoms with Crippen LogP contribution >= 0.6 is 38.5 Å². The van der Waals surface area contributed by atoms with Gasteiger partial charge in [0, 0.05) is 14.6 Å². The number of nitrogens with one attached hydrogen (secondary N) is 1. The molecule has 0 bridgehead atoms. The molecule has 1 saturated heterocycles. The van der Waals surface area contributed by atoms with Gasteiger partial charge in [0.25, 0.3) is 0 Å². The number of hydrogen-bond donors (Lipinski definition) is 1. The van der Waals surface area contributed by atoms with E-state index in [1.54, 1.807) is 0 Å². The molecule has 1 heterocycles. The second-order valence-electron chi connectivity index (χ2n) is 3.26. The van der Waals surface area contributed by atoms with E-state index in [0.29, 0.717) is 6.04 Å². The largest absolute Gasteiger partial charge is 0.378 e. The first-order chi connectivity index (χ1) is 6.77. The zero-order valence-electron chi connectivity index (χ0n) is 7.59. The van der Waals surface area contributed by atoms with E-state index < -0.39 is 0 Å². The van der Waals surface area contributed by atoms with Crippen molar-refractivity contribution in [3.8, 4) is 0 Å². The van der Waals surface area contributed by atoms with Crippen molar-refractivity contribution in [1.29, 1.82) is 0 Å². The van der Waals surface area contributed by atoms with Gasteiger partial charge in [0.1, 0.15) is 0 Å². The Morgan fingerprint density at radius 3 is 3.00 bits per heavy atom. The van der Waals surface area contributed by atoms with Crippen LogP contribution in [0.4, 0.5) is 0 Å². The maximum absolute atomic E-state index is 5.43. The summed E-state index contributed by atoms with van der Waals surface area (Å²) in [6, 6.07) is 6.78. The third kappa shape index (κ3) is 2.48. The standard InChI is InChI=1S/C10H11BrINO/c11-8-5-7(1-2-9(8)12)10-6-14-4-3-13-10/h1-2,5,10,13H,3-4,6H2/t10-/m0/s1. The van der Waals surface area contributed by atoms with Gasteiger partial charge < -0.3 is 10.1 Å². The van der Waals surface area contributed by atoms with Gasteiger partial charge in [0.2, 0.25) is 0 Å². The molecule has 0 unspecified atom stereocenters. The third-order valence-corrected chi connectivity index (χ3v) is 4.61. The Morgan fingerprint density at radius 1 is 1.50 bits per heavy atom. The van der Waals surface area contributed by atoms with E-state index in [0.717, 1.165) is 24.2 Å². The Kier molecular flexibility index (Phi) is 3.81. The van der Waals surface area contributed by atoms with Crippen LogP contribution in [0.25, 0.3) is 0 Å². The fourth-order valence-corrected chi connectivity index (χ4v) is 2.24. The Balaban J connectivity index is 2.18. The number of ether oxygens (including phenoxy) is 1.